The number of ether oxygens (including phenoxy) is 1. The van der Waals surface area contributed by atoms with Gasteiger partial charge < -0.3 is 9.64 Å². The molecule has 0 spiro atoms. The Balaban J connectivity index is 2.88. The molecule has 0 saturated heterocycles. The molecule has 0 heterocycles. The minimum absolute atomic E-state index is 0.310. The van der Waals surface area contributed by atoms with E-state index >= 15 is 0 Å². The molecule has 0 aliphatic heterocycles. The molecular weight excluding hydrogens is 344 g/mol. The second-order valence-corrected chi connectivity index (χ2v) is 5.93. The van der Waals surface area contributed by atoms with Crippen molar-refractivity contribution in [3.63, 3.8) is 0 Å². The summed E-state index contributed by atoms with van der Waals surface area (Å²) < 4.78 is 5.99. The third-order valence-electron chi connectivity index (χ3n) is 2.70. The zero-order valence-electron chi connectivity index (χ0n) is 12.0. The van der Waals surface area contributed by atoms with Gasteiger partial charge in [0.1, 0.15) is 6.04 Å². The Morgan fingerprint density at radius 2 is 2.20 bits per heavy atom. The molecule has 1 atom stereocenters. The van der Waals surface area contributed by atoms with Crippen molar-refractivity contribution in [3.05, 3.63) is 33.3 Å². The lowest BCUT2D eigenvalue weighted by Gasteiger charge is -2.20. The van der Waals surface area contributed by atoms with Crippen LogP contribution in [0, 0.1) is 0 Å². The van der Waals surface area contributed by atoms with Crippen LogP contribution in [0.2, 0.25) is 5.02 Å². The van der Waals surface area contributed by atoms with Gasteiger partial charge in [0.05, 0.1) is 6.61 Å². The van der Waals surface area contributed by atoms with Crippen LogP contribution in [0.25, 0.3) is 0 Å². The number of rotatable bonds is 7. The van der Waals surface area contributed by atoms with Gasteiger partial charge in [0.2, 0.25) is 0 Å². The minimum Gasteiger partial charge on any atom is -0.465 e. The number of hydrogen-bond donors (Lipinski definition) is 1. The first-order valence-corrected chi connectivity index (χ1v) is 7.62. The predicted molar refractivity (Wildman–Crippen MR) is 85.1 cm³/mol. The maximum Gasteiger partial charge on any atom is 0.327 e. The molecule has 1 aromatic carbocycles. The molecule has 1 aromatic rings. The highest BCUT2D eigenvalue weighted by Gasteiger charge is 2.23. The van der Waals surface area contributed by atoms with Gasteiger partial charge in [0.25, 0.3) is 0 Å². The smallest absolute Gasteiger partial charge is 0.327 e. The molecule has 0 aromatic heterocycles. The number of nitrogens with one attached hydrogen (secondary N) is 1. The van der Waals surface area contributed by atoms with Gasteiger partial charge in [-0.3, -0.25) is 5.32 Å². The molecule has 0 saturated carbocycles. The quantitative estimate of drug-likeness (QED) is 0.756. The highest BCUT2D eigenvalue weighted by molar-refractivity contribution is 9.10. The van der Waals surface area contributed by atoms with E-state index in [-0.39, 0.29) is 5.97 Å². The Labute approximate surface area is 133 Å². The van der Waals surface area contributed by atoms with E-state index in [1.165, 1.54) is 0 Å². The summed E-state index contributed by atoms with van der Waals surface area (Å²) >= 11 is 9.58. The standard InChI is InChI=1S/C14H20BrClN2O2/c1-4-20-14(19)13(17-7-8-18(2)3)11-6-5-10(15)9-12(11)16/h5-6,9,13,17H,4,7-8H2,1-3H3. The van der Waals surface area contributed by atoms with Crippen LogP contribution in [0.4, 0.5) is 0 Å². The van der Waals surface area contributed by atoms with Gasteiger partial charge in [-0.25, -0.2) is 4.79 Å². The van der Waals surface area contributed by atoms with Gasteiger partial charge in [-0.2, -0.15) is 0 Å². The van der Waals surface area contributed by atoms with Gasteiger partial charge in [-0.05, 0) is 38.7 Å². The van der Waals surface area contributed by atoms with Crippen molar-refractivity contribution < 1.29 is 9.53 Å². The van der Waals surface area contributed by atoms with Crippen molar-refractivity contribution in [2.24, 2.45) is 0 Å². The summed E-state index contributed by atoms with van der Waals surface area (Å²) in [5, 5.41) is 3.73. The number of hydrogen-bond acceptors (Lipinski definition) is 4. The summed E-state index contributed by atoms with van der Waals surface area (Å²) in [6, 6.07) is 4.92. The molecule has 1 rings (SSSR count). The first-order valence-electron chi connectivity index (χ1n) is 6.45. The largest absolute Gasteiger partial charge is 0.465 e. The normalized spacial score (nSPS) is 12.5. The lowest BCUT2D eigenvalue weighted by molar-refractivity contribution is -0.145. The molecular formula is C14H20BrClN2O2. The highest BCUT2D eigenvalue weighted by atomic mass is 79.9. The maximum atomic E-state index is 12.1. The summed E-state index contributed by atoms with van der Waals surface area (Å²) in [7, 11) is 3.96. The Morgan fingerprint density at radius 3 is 2.75 bits per heavy atom. The van der Waals surface area contributed by atoms with E-state index in [4.69, 9.17) is 16.3 Å². The number of nitrogens with zero attached hydrogens (tertiary/aromatic N) is 1. The second kappa shape index (κ2) is 8.62. The molecule has 0 amide bonds. The van der Waals surface area contributed by atoms with Crippen molar-refractivity contribution in [3.8, 4) is 0 Å². The summed E-state index contributed by atoms with van der Waals surface area (Å²) in [6.07, 6.45) is 0. The van der Waals surface area contributed by atoms with E-state index in [1.807, 2.05) is 31.1 Å². The molecule has 1 unspecified atom stereocenters. The Kier molecular flexibility index (Phi) is 7.51. The van der Waals surface area contributed by atoms with E-state index in [2.05, 4.69) is 21.2 Å². The first-order chi connectivity index (χ1) is 9.45. The van der Waals surface area contributed by atoms with Crippen molar-refractivity contribution in [2.75, 3.05) is 33.8 Å². The van der Waals surface area contributed by atoms with Crippen LogP contribution in [0.3, 0.4) is 0 Å². The average Bonchev–Trinajstić information content (AvgIpc) is 2.35. The summed E-state index contributed by atoms with van der Waals surface area (Å²) in [5.74, 6) is -0.310. The van der Waals surface area contributed by atoms with E-state index in [1.54, 1.807) is 13.0 Å². The molecule has 1 N–H and O–H groups in total. The number of halogens is 2. The fourth-order valence-electron chi connectivity index (χ4n) is 1.71. The molecule has 20 heavy (non-hydrogen) atoms. The first kappa shape index (κ1) is 17.4. The second-order valence-electron chi connectivity index (χ2n) is 4.61. The topological polar surface area (TPSA) is 41.6 Å². The van der Waals surface area contributed by atoms with Gasteiger partial charge in [-0.1, -0.05) is 33.6 Å². The Hall–Kier alpha value is -0.620. The van der Waals surface area contributed by atoms with Gasteiger partial charge in [-0.15, -0.1) is 0 Å². The number of benzene rings is 1. The zero-order valence-corrected chi connectivity index (χ0v) is 14.3. The van der Waals surface area contributed by atoms with Crippen molar-refractivity contribution in [1.82, 2.24) is 10.2 Å². The fraction of sp³-hybridized carbons (Fsp3) is 0.500. The van der Waals surface area contributed by atoms with Crippen LogP contribution in [-0.4, -0.2) is 44.7 Å². The molecule has 0 aliphatic rings. The number of carbonyl (C=O) groups excluding carboxylic acids is 1. The van der Waals surface area contributed by atoms with Crippen LogP contribution in [0.15, 0.2) is 22.7 Å². The number of likely N-dealkylation sites (N-methyl/N-ethyl adjacent to an activating group) is 1. The Morgan fingerprint density at radius 1 is 1.50 bits per heavy atom. The SMILES string of the molecule is CCOC(=O)C(NCCN(C)C)c1ccc(Br)cc1Cl. The van der Waals surface area contributed by atoms with Crippen LogP contribution in [0.5, 0.6) is 0 Å². The third-order valence-corrected chi connectivity index (χ3v) is 3.52. The minimum atomic E-state index is -0.546. The van der Waals surface area contributed by atoms with Crippen LogP contribution >= 0.6 is 27.5 Å². The van der Waals surface area contributed by atoms with Crippen molar-refractivity contribution in [1.29, 1.82) is 0 Å². The predicted octanol–water partition coefficient (Wildman–Crippen LogP) is 2.86. The third kappa shape index (κ3) is 5.40. The van der Waals surface area contributed by atoms with E-state index in [0.29, 0.717) is 18.2 Å². The van der Waals surface area contributed by atoms with Crippen LogP contribution in [0.1, 0.15) is 18.5 Å². The van der Waals surface area contributed by atoms with Gasteiger partial charge >= 0.3 is 5.97 Å². The van der Waals surface area contributed by atoms with E-state index in [9.17, 15) is 4.79 Å². The number of esters is 1. The average molecular weight is 364 g/mol. The molecule has 0 radical (unpaired) electrons. The summed E-state index contributed by atoms with van der Waals surface area (Å²) in [4.78, 5) is 14.1. The lowest BCUT2D eigenvalue weighted by Crippen LogP contribution is -2.35. The molecule has 4 nitrogen and oxygen atoms in total. The number of carbonyl (C=O) groups is 1. The molecule has 0 bridgehead atoms. The monoisotopic (exact) mass is 362 g/mol. The highest BCUT2D eigenvalue weighted by Crippen LogP contribution is 2.27. The summed E-state index contributed by atoms with van der Waals surface area (Å²) in [6.45, 7) is 3.63. The van der Waals surface area contributed by atoms with Crippen LogP contribution in [-0.2, 0) is 9.53 Å². The molecule has 112 valence electrons. The van der Waals surface area contributed by atoms with Crippen LogP contribution < -0.4 is 5.32 Å². The maximum absolute atomic E-state index is 12.1. The Bertz CT molecular complexity index is 455. The van der Waals surface area contributed by atoms with Crippen molar-refractivity contribution in [2.45, 2.75) is 13.0 Å². The van der Waals surface area contributed by atoms with Gasteiger partial charge in [0, 0.05) is 22.6 Å². The zero-order chi connectivity index (χ0) is 15.1. The fourth-order valence-corrected chi connectivity index (χ4v) is 2.50. The van der Waals surface area contributed by atoms with Crippen molar-refractivity contribution >= 4 is 33.5 Å². The van der Waals surface area contributed by atoms with E-state index < -0.39 is 6.04 Å². The molecule has 0 fully saturated rings. The molecule has 0 aliphatic carbocycles. The lowest BCUT2D eigenvalue weighted by atomic mass is 10.1. The van der Waals surface area contributed by atoms with Gasteiger partial charge in [0.15, 0.2) is 0 Å². The summed E-state index contributed by atoms with van der Waals surface area (Å²) in [5.41, 5.74) is 0.729. The molecule has 6 heteroatoms. The van der Waals surface area contributed by atoms with E-state index in [0.717, 1.165) is 16.6 Å².